The number of benzene rings is 2. The van der Waals surface area contributed by atoms with Crippen LogP contribution >= 0.6 is 0 Å². The van der Waals surface area contributed by atoms with Gasteiger partial charge in [0.25, 0.3) is 11.8 Å². The molecule has 0 atom stereocenters. The zero-order valence-corrected chi connectivity index (χ0v) is 16.2. The Bertz CT molecular complexity index is 1030. The first-order valence-corrected chi connectivity index (χ1v) is 9.22. The predicted molar refractivity (Wildman–Crippen MR) is 112 cm³/mol. The molecular formula is C23H23N3O2. The highest BCUT2D eigenvalue weighted by atomic mass is 16.2. The van der Waals surface area contributed by atoms with Gasteiger partial charge in [-0.2, -0.15) is 0 Å². The molecule has 0 saturated heterocycles. The smallest absolute Gasteiger partial charge is 0.274 e. The van der Waals surface area contributed by atoms with Crippen LogP contribution < -0.4 is 10.6 Å². The third-order valence-corrected chi connectivity index (χ3v) is 4.75. The minimum atomic E-state index is -0.345. The number of pyridine rings is 1. The van der Waals surface area contributed by atoms with Crippen molar-refractivity contribution in [3.8, 4) is 0 Å². The number of amides is 2. The van der Waals surface area contributed by atoms with Crippen LogP contribution in [0.3, 0.4) is 0 Å². The molecule has 2 amide bonds. The Kier molecular flexibility index (Phi) is 5.84. The topological polar surface area (TPSA) is 71.1 Å². The highest BCUT2D eigenvalue weighted by Gasteiger charge is 2.14. The summed E-state index contributed by atoms with van der Waals surface area (Å²) in [6.45, 7) is 5.98. The van der Waals surface area contributed by atoms with Gasteiger partial charge in [-0.25, -0.2) is 0 Å². The fourth-order valence-corrected chi connectivity index (χ4v) is 2.91. The number of rotatable bonds is 5. The van der Waals surface area contributed by atoms with Gasteiger partial charge < -0.3 is 10.6 Å². The normalized spacial score (nSPS) is 10.4. The van der Waals surface area contributed by atoms with Gasteiger partial charge in [-0.3, -0.25) is 14.6 Å². The largest absolute Gasteiger partial charge is 0.322 e. The van der Waals surface area contributed by atoms with Crippen LogP contribution in [0.5, 0.6) is 0 Å². The highest BCUT2D eigenvalue weighted by molar-refractivity contribution is 6.08. The number of nitrogens with one attached hydrogen (secondary N) is 2. The molecule has 2 N–H and O–H groups in total. The van der Waals surface area contributed by atoms with Crippen molar-refractivity contribution in [1.29, 1.82) is 0 Å². The van der Waals surface area contributed by atoms with E-state index in [1.165, 1.54) is 12.3 Å². The molecule has 0 spiro atoms. The maximum Gasteiger partial charge on any atom is 0.274 e. The number of para-hydroxylation sites is 1. The summed E-state index contributed by atoms with van der Waals surface area (Å²) in [6.07, 6.45) is 2.28. The van der Waals surface area contributed by atoms with Gasteiger partial charge in [0.2, 0.25) is 0 Å². The molecule has 142 valence electrons. The van der Waals surface area contributed by atoms with Crippen LogP contribution in [0.2, 0.25) is 0 Å². The SMILES string of the molecule is CCc1ccccc1NC(=O)c1cc(C(=O)Nc2cccc(C)c2C)ccn1. The fourth-order valence-electron chi connectivity index (χ4n) is 2.91. The third kappa shape index (κ3) is 4.26. The first kappa shape index (κ1) is 19.3. The molecule has 1 aromatic heterocycles. The number of hydrogen-bond donors (Lipinski definition) is 2. The van der Waals surface area contributed by atoms with E-state index in [1.54, 1.807) is 6.07 Å². The lowest BCUT2D eigenvalue weighted by Crippen LogP contribution is -2.18. The Morgan fingerprint density at radius 2 is 1.61 bits per heavy atom. The molecule has 0 aliphatic carbocycles. The van der Waals surface area contributed by atoms with E-state index in [1.807, 2.05) is 63.2 Å². The monoisotopic (exact) mass is 373 g/mol. The summed E-state index contributed by atoms with van der Waals surface area (Å²) in [5.74, 6) is -0.624. The number of anilines is 2. The molecular weight excluding hydrogens is 350 g/mol. The minimum absolute atomic E-state index is 0.194. The molecule has 2 aromatic carbocycles. The molecule has 0 fully saturated rings. The summed E-state index contributed by atoms with van der Waals surface area (Å²) >= 11 is 0. The molecule has 0 saturated carbocycles. The molecule has 5 heteroatoms. The highest BCUT2D eigenvalue weighted by Crippen LogP contribution is 2.19. The van der Waals surface area contributed by atoms with E-state index < -0.39 is 0 Å². The summed E-state index contributed by atoms with van der Waals surface area (Å²) in [7, 11) is 0. The van der Waals surface area contributed by atoms with Crippen LogP contribution in [0.15, 0.2) is 60.8 Å². The van der Waals surface area contributed by atoms with Crippen LogP contribution in [-0.2, 0) is 6.42 Å². The van der Waals surface area contributed by atoms with Crippen molar-refractivity contribution in [2.24, 2.45) is 0 Å². The van der Waals surface area contributed by atoms with Gasteiger partial charge in [0.15, 0.2) is 0 Å². The number of aromatic nitrogens is 1. The zero-order valence-electron chi connectivity index (χ0n) is 16.2. The molecule has 0 unspecified atom stereocenters. The van der Waals surface area contributed by atoms with Gasteiger partial charge in [-0.1, -0.05) is 37.3 Å². The van der Waals surface area contributed by atoms with Gasteiger partial charge in [0.05, 0.1) is 0 Å². The first-order valence-electron chi connectivity index (χ1n) is 9.22. The van der Waals surface area contributed by atoms with Gasteiger partial charge in [-0.05, 0) is 61.2 Å². The van der Waals surface area contributed by atoms with E-state index in [4.69, 9.17) is 0 Å². The Balaban J connectivity index is 1.78. The molecule has 0 aliphatic heterocycles. The lowest BCUT2D eigenvalue weighted by atomic mass is 10.1. The van der Waals surface area contributed by atoms with E-state index in [2.05, 4.69) is 15.6 Å². The number of aryl methyl sites for hydroxylation is 2. The van der Waals surface area contributed by atoms with Crippen molar-refractivity contribution < 1.29 is 9.59 Å². The third-order valence-electron chi connectivity index (χ3n) is 4.75. The number of hydrogen-bond acceptors (Lipinski definition) is 3. The summed E-state index contributed by atoms with van der Waals surface area (Å²) in [6, 6.07) is 16.5. The molecule has 28 heavy (non-hydrogen) atoms. The molecule has 5 nitrogen and oxygen atoms in total. The van der Waals surface area contributed by atoms with Crippen LogP contribution in [0.25, 0.3) is 0 Å². The average molecular weight is 373 g/mol. The van der Waals surface area contributed by atoms with Crippen molar-refractivity contribution in [2.45, 2.75) is 27.2 Å². The summed E-state index contributed by atoms with van der Waals surface area (Å²) in [5, 5.41) is 5.78. The molecule has 0 bridgehead atoms. The molecule has 0 radical (unpaired) electrons. The van der Waals surface area contributed by atoms with Gasteiger partial charge in [0, 0.05) is 23.1 Å². The second-order valence-electron chi connectivity index (χ2n) is 6.60. The molecule has 3 rings (SSSR count). The molecule has 1 heterocycles. The van der Waals surface area contributed by atoms with E-state index in [9.17, 15) is 9.59 Å². The Labute approximate surface area is 164 Å². The second kappa shape index (κ2) is 8.48. The lowest BCUT2D eigenvalue weighted by Gasteiger charge is -2.11. The van der Waals surface area contributed by atoms with Gasteiger partial charge >= 0.3 is 0 Å². The number of carbonyl (C=O) groups is 2. The Morgan fingerprint density at radius 3 is 2.39 bits per heavy atom. The summed E-state index contributed by atoms with van der Waals surface area (Å²) < 4.78 is 0. The number of nitrogens with zero attached hydrogens (tertiary/aromatic N) is 1. The van der Waals surface area contributed by atoms with E-state index in [-0.39, 0.29) is 17.5 Å². The predicted octanol–water partition coefficient (Wildman–Crippen LogP) is 4.77. The van der Waals surface area contributed by atoms with E-state index in [0.717, 1.165) is 34.5 Å². The molecule has 0 aliphatic rings. The fraction of sp³-hybridized carbons (Fsp3) is 0.174. The quantitative estimate of drug-likeness (QED) is 0.677. The standard InChI is InChI=1S/C23H23N3O2/c1-4-17-9-5-6-10-20(17)26-23(28)21-14-18(12-13-24-21)22(27)25-19-11-7-8-15(2)16(19)3/h5-14H,4H2,1-3H3,(H,25,27)(H,26,28). The average Bonchev–Trinajstić information content (AvgIpc) is 2.72. The van der Waals surface area contributed by atoms with E-state index >= 15 is 0 Å². The maximum atomic E-state index is 12.6. The zero-order chi connectivity index (χ0) is 20.1. The van der Waals surface area contributed by atoms with Crippen molar-refractivity contribution in [1.82, 2.24) is 4.98 Å². The van der Waals surface area contributed by atoms with Crippen LogP contribution in [0, 0.1) is 13.8 Å². The maximum absolute atomic E-state index is 12.6. The van der Waals surface area contributed by atoms with Gasteiger partial charge in [0.1, 0.15) is 5.69 Å². The van der Waals surface area contributed by atoms with Gasteiger partial charge in [-0.15, -0.1) is 0 Å². The van der Waals surface area contributed by atoms with Crippen molar-refractivity contribution in [2.75, 3.05) is 10.6 Å². The Hall–Kier alpha value is -3.47. The van der Waals surface area contributed by atoms with Crippen molar-refractivity contribution >= 4 is 23.2 Å². The van der Waals surface area contributed by atoms with Crippen molar-refractivity contribution in [3.05, 3.63) is 88.7 Å². The van der Waals surface area contributed by atoms with Crippen LogP contribution in [-0.4, -0.2) is 16.8 Å². The lowest BCUT2D eigenvalue weighted by molar-refractivity contribution is 0.102. The van der Waals surface area contributed by atoms with E-state index in [0.29, 0.717) is 5.56 Å². The Morgan fingerprint density at radius 1 is 0.893 bits per heavy atom. The summed E-state index contributed by atoms with van der Waals surface area (Å²) in [4.78, 5) is 29.4. The van der Waals surface area contributed by atoms with Crippen LogP contribution in [0.1, 0.15) is 44.5 Å². The molecule has 3 aromatic rings. The second-order valence-corrected chi connectivity index (χ2v) is 6.60. The first-order chi connectivity index (χ1) is 13.5. The van der Waals surface area contributed by atoms with Crippen molar-refractivity contribution in [3.63, 3.8) is 0 Å². The van der Waals surface area contributed by atoms with Crippen LogP contribution in [0.4, 0.5) is 11.4 Å². The minimum Gasteiger partial charge on any atom is -0.322 e. The number of carbonyl (C=O) groups excluding carboxylic acids is 2. The summed E-state index contributed by atoms with van der Waals surface area (Å²) in [5.41, 5.74) is 5.23.